The third-order valence-electron chi connectivity index (χ3n) is 2.81. The number of aryl methyl sites for hydroxylation is 1. The van der Waals surface area contributed by atoms with Gasteiger partial charge in [-0.25, -0.2) is 21.9 Å². The van der Waals surface area contributed by atoms with Gasteiger partial charge in [0.25, 0.3) is 0 Å². The zero-order valence-corrected chi connectivity index (χ0v) is 11.5. The van der Waals surface area contributed by atoms with Crippen LogP contribution in [0.15, 0.2) is 47.4 Å². The number of hydrogen-bond donors (Lipinski definition) is 1. The molecule has 0 aliphatic rings. The molecule has 0 aliphatic carbocycles. The second-order valence-electron chi connectivity index (χ2n) is 4.37. The Kier molecular flexibility index (Phi) is 4.15. The topological polar surface area (TPSA) is 46.2 Å². The van der Waals surface area contributed by atoms with Gasteiger partial charge in [-0.15, -0.1) is 0 Å². The number of halogens is 2. The Morgan fingerprint density at radius 3 is 2.50 bits per heavy atom. The Balaban J connectivity index is 2.15. The maximum Gasteiger partial charge on any atom is 0.240 e. The minimum Gasteiger partial charge on any atom is -0.207 e. The molecule has 2 aromatic rings. The minimum atomic E-state index is -3.82. The van der Waals surface area contributed by atoms with Crippen LogP contribution in [-0.4, -0.2) is 8.42 Å². The third-order valence-corrected chi connectivity index (χ3v) is 4.21. The number of hydrogen-bond acceptors (Lipinski definition) is 2. The Morgan fingerprint density at radius 2 is 1.85 bits per heavy atom. The van der Waals surface area contributed by atoms with Crippen LogP contribution in [0.3, 0.4) is 0 Å². The van der Waals surface area contributed by atoms with Crippen molar-refractivity contribution in [2.75, 3.05) is 0 Å². The highest BCUT2D eigenvalue weighted by Gasteiger charge is 2.14. The van der Waals surface area contributed by atoms with Crippen molar-refractivity contribution in [3.63, 3.8) is 0 Å². The van der Waals surface area contributed by atoms with Gasteiger partial charge in [0, 0.05) is 6.54 Å². The summed E-state index contributed by atoms with van der Waals surface area (Å²) < 4.78 is 52.5. The van der Waals surface area contributed by atoms with Crippen LogP contribution >= 0.6 is 0 Å². The second kappa shape index (κ2) is 5.68. The largest absolute Gasteiger partial charge is 0.240 e. The summed E-state index contributed by atoms with van der Waals surface area (Å²) in [6.07, 6.45) is 0. The number of nitrogens with one attached hydrogen (secondary N) is 1. The van der Waals surface area contributed by atoms with Gasteiger partial charge in [-0.3, -0.25) is 0 Å². The predicted molar refractivity (Wildman–Crippen MR) is 71.6 cm³/mol. The van der Waals surface area contributed by atoms with Crippen molar-refractivity contribution in [1.82, 2.24) is 4.72 Å². The Bertz CT molecular complexity index is 730. The molecule has 3 nitrogen and oxygen atoms in total. The summed E-state index contributed by atoms with van der Waals surface area (Å²) in [6, 6.07) is 9.17. The van der Waals surface area contributed by atoms with Crippen molar-refractivity contribution in [2.45, 2.75) is 18.4 Å². The van der Waals surface area contributed by atoms with Gasteiger partial charge in [-0.1, -0.05) is 18.2 Å². The van der Waals surface area contributed by atoms with Crippen LogP contribution in [0.2, 0.25) is 0 Å². The van der Waals surface area contributed by atoms with Crippen LogP contribution in [0.25, 0.3) is 0 Å². The average Bonchev–Trinajstić information content (AvgIpc) is 2.40. The molecule has 0 atom stereocenters. The molecular weight excluding hydrogens is 284 g/mol. The van der Waals surface area contributed by atoms with Crippen molar-refractivity contribution in [3.05, 3.63) is 65.2 Å². The lowest BCUT2D eigenvalue weighted by atomic mass is 10.1. The smallest absolute Gasteiger partial charge is 0.207 e. The summed E-state index contributed by atoms with van der Waals surface area (Å²) in [5.74, 6) is -1.03. The molecule has 20 heavy (non-hydrogen) atoms. The summed E-state index contributed by atoms with van der Waals surface area (Å²) in [6.45, 7) is 1.56. The van der Waals surface area contributed by atoms with E-state index in [2.05, 4.69) is 4.72 Å². The highest BCUT2D eigenvalue weighted by molar-refractivity contribution is 7.89. The molecule has 2 rings (SSSR count). The monoisotopic (exact) mass is 297 g/mol. The van der Waals surface area contributed by atoms with Gasteiger partial charge in [-0.05, 0) is 42.3 Å². The van der Waals surface area contributed by atoms with Gasteiger partial charge in [0.15, 0.2) is 0 Å². The zero-order chi connectivity index (χ0) is 14.8. The van der Waals surface area contributed by atoms with Crippen molar-refractivity contribution < 1.29 is 17.2 Å². The van der Waals surface area contributed by atoms with E-state index in [-0.39, 0.29) is 11.4 Å². The molecule has 0 saturated carbocycles. The fourth-order valence-corrected chi connectivity index (χ4v) is 2.69. The molecule has 106 valence electrons. The standard InChI is InChI=1S/C14H13F2NO2S/c1-10-5-6-11(7-14(10)16)9-17-20(18,19)13-4-2-3-12(15)8-13/h2-8,17H,9H2,1H3. The van der Waals surface area contributed by atoms with Gasteiger partial charge in [0.1, 0.15) is 11.6 Å². The van der Waals surface area contributed by atoms with Gasteiger partial charge < -0.3 is 0 Å². The SMILES string of the molecule is Cc1ccc(CNS(=O)(=O)c2cccc(F)c2)cc1F. The van der Waals surface area contributed by atoms with Crippen LogP contribution in [0.4, 0.5) is 8.78 Å². The molecule has 0 heterocycles. The molecule has 0 amide bonds. The summed E-state index contributed by atoms with van der Waals surface area (Å²) in [5.41, 5.74) is 0.981. The van der Waals surface area contributed by atoms with Crippen molar-refractivity contribution in [1.29, 1.82) is 0 Å². The van der Waals surface area contributed by atoms with E-state index in [0.717, 1.165) is 12.1 Å². The number of rotatable bonds is 4. The first-order valence-electron chi connectivity index (χ1n) is 5.89. The van der Waals surface area contributed by atoms with E-state index in [1.807, 2.05) is 0 Å². The molecule has 0 fully saturated rings. The summed E-state index contributed by atoms with van der Waals surface area (Å²) in [5, 5.41) is 0. The molecular formula is C14H13F2NO2S. The molecule has 0 radical (unpaired) electrons. The number of sulfonamides is 1. The van der Waals surface area contributed by atoms with E-state index in [1.54, 1.807) is 19.1 Å². The first kappa shape index (κ1) is 14.6. The van der Waals surface area contributed by atoms with Crippen molar-refractivity contribution in [3.8, 4) is 0 Å². The summed E-state index contributed by atoms with van der Waals surface area (Å²) in [4.78, 5) is -0.162. The van der Waals surface area contributed by atoms with Gasteiger partial charge in [0.2, 0.25) is 10.0 Å². The second-order valence-corrected chi connectivity index (χ2v) is 6.13. The first-order valence-corrected chi connectivity index (χ1v) is 7.37. The van der Waals surface area contributed by atoms with E-state index in [1.165, 1.54) is 18.2 Å². The molecule has 0 bridgehead atoms. The molecule has 0 spiro atoms. The maximum absolute atomic E-state index is 13.3. The van der Waals surface area contributed by atoms with Crippen LogP contribution in [-0.2, 0) is 16.6 Å². The van der Waals surface area contributed by atoms with E-state index in [4.69, 9.17) is 0 Å². The van der Waals surface area contributed by atoms with Crippen LogP contribution in [0.5, 0.6) is 0 Å². The van der Waals surface area contributed by atoms with Crippen molar-refractivity contribution in [2.24, 2.45) is 0 Å². The summed E-state index contributed by atoms with van der Waals surface area (Å²) in [7, 11) is -3.82. The van der Waals surface area contributed by atoms with Gasteiger partial charge >= 0.3 is 0 Å². The Labute approximate surface area is 116 Å². The zero-order valence-electron chi connectivity index (χ0n) is 10.7. The third kappa shape index (κ3) is 3.40. The predicted octanol–water partition coefficient (Wildman–Crippen LogP) is 2.75. The van der Waals surface area contributed by atoms with Crippen LogP contribution in [0.1, 0.15) is 11.1 Å². The average molecular weight is 297 g/mol. The molecule has 0 aliphatic heterocycles. The fourth-order valence-electron chi connectivity index (χ4n) is 1.64. The van der Waals surface area contributed by atoms with E-state index in [9.17, 15) is 17.2 Å². The highest BCUT2D eigenvalue weighted by Crippen LogP contribution is 2.13. The minimum absolute atomic E-state index is 0.0595. The quantitative estimate of drug-likeness (QED) is 0.943. The highest BCUT2D eigenvalue weighted by atomic mass is 32.2. The van der Waals surface area contributed by atoms with Crippen molar-refractivity contribution >= 4 is 10.0 Å². The lowest BCUT2D eigenvalue weighted by Crippen LogP contribution is -2.23. The fraction of sp³-hybridized carbons (Fsp3) is 0.143. The molecule has 0 saturated heterocycles. The van der Waals surface area contributed by atoms with Crippen LogP contribution < -0.4 is 4.72 Å². The first-order chi connectivity index (χ1) is 9.38. The van der Waals surface area contributed by atoms with Gasteiger partial charge in [0.05, 0.1) is 4.90 Å². The molecule has 2 aromatic carbocycles. The lowest BCUT2D eigenvalue weighted by molar-refractivity contribution is 0.576. The van der Waals surface area contributed by atoms with Crippen LogP contribution in [0, 0.1) is 18.6 Å². The maximum atomic E-state index is 13.3. The molecule has 6 heteroatoms. The van der Waals surface area contributed by atoms with E-state index in [0.29, 0.717) is 11.1 Å². The van der Waals surface area contributed by atoms with E-state index >= 15 is 0 Å². The van der Waals surface area contributed by atoms with E-state index < -0.39 is 21.7 Å². The Hall–Kier alpha value is -1.79. The molecule has 0 aromatic heterocycles. The molecule has 1 N–H and O–H groups in total. The summed E-state index contributed by atoms with van der Waals surface area (Å²) >= 11 is 0. The number of benzene rings is 2. The lowest BCUT2D eigenvalue weighted by Gasteiger charge is -2.07. The molecule has 0 unspecified atom stereocenters. The Morgan fingerprint density at radius 1 is 1.10 bits per heavy atom. The normalized spacial score (nSPS) is 11.6. The van der Waals surface area contributed by atoms with Gasteiger partial charge in [-0.2, -0.15) is 0 Å².